The van der Waals surface area contributed by atoms with Crippen molar-refractivity contribution < 1.29 is 0 Å². The van der Waals surface area contributed by atoms with Crippen molar-refractivity contribution in [1.82, 2.24) is 5.32 Å². The Morgan fingerprint density at radius 3 is 2.79 bits per heavy atom. The van der Waals surface area contributed by atoms with Gasteiger partial charge < -0.3 is 5.32 Å². The summed E-state index contributed by atoms with van der Waals surface area (Å²) in [6.45, 7) is 5.65. The maximum Gasteiger partial charge on any atom is 0.0438 e. The van der Waals surface area contributed by atoms with Gasteiger partial charge in [0.15, 0.2) is 0 Å². The van der Waals surface area contributed by atoms with Crippen LogP contribution >= 0.6 is 23.1 Å². The van der Waals surface area contributed by atoms with Crippen LogP contribution in [0.3, 0.4) is 0 Å². The molecule has 0 aliphatic heterocycles. The van der Waals surface area contributed by atoms with Gasteiger partial charge in [-0.15, -0.1) is 11.3 Å². The summed E-state index contributed by atoms with van der Waals surface area (Å²) >= 11 is 3.74. The molecule has 0 spiro atoms. The minimum Gasteiger partial charge on any atom is -0.308 e. The van der Waals surface area contributed by atoms with Gasteiger partial charge in [0.2, 0.25) is 0 Å². The number of hydrogen-bond acceptors (Lipinski definition) is 3. The molecule has 14 heavy (non-hydrogen) atoms. The van der Waals surface area contributed by atoms with E-state index in [1.165, 1.54) is 10.6 Å². The Balaban J connectivity index is 2.48. The van der Waals surface area contributed by atoms with Crippen molar-refractivity contribution in [2.24, 2.45) is 5.92 Å². The quantitative estimate of drug-likeness (QED) is 0.750. The Bertz CT molecular complexity index is 231. The highest BCUT2D eigenvalue weighted by atomic mass is 32.2. The van der Waals surface area contributed by atoms with Gasteiger partial charge in [-0.2, -0.15) is 11.8 Å². The normalized spacial score (nSPS) is 13.4. The fourth-order valence-corrected chi connectivity index (χ4v) is 2.75. The van der Waals surface area contributed by atoms with Crippen LogP contribution in [0.5, 0.6) is 0 Å². The second kappa shape index (κ2) is 6.49. The molecule has 0 bridgehead atoms. The Kier molecular flexibility index (Phi) is 5.60. The first kappa shape index (κ1) is 12.1. The van der Waals surface area contributed by atoms with Crippen molar-refractivity contribution in [3.8, 4) is 0 Å². The zero-order valence-corrected chi connectivity index (χ0v) is 10.8. The highest BCUT2D eigenvalue weighted by Crippen LogP contribution is 2.25. The molecule has 1 aromatic rings. The van der Waals surface area contributed by atoms with Gasteiger partial charge in [0.1, 0.15) is 0 Å². The number of thiophene rings is 1. The van der Waals surface area contributed by atoms with Crippen molar-refractivity contribution >= 4 is 23.1 Å². The molecule has 1 unspecified atom stereocenters. The third kappa shape index (κ3) is 3.64. The van der Waals surface area contributed by atoms with E-state index in [1.54, 1.807) is 0 Å². The first-order valence-corrected chi connectivity index (χ1v) is 7.28. The predicted molar refractivity (Wildman–Crippen MR) is 68.3 cm³/mol. The summed E-state index contributed by atoms with van der Waals surface area (Å²) < 4.78 is 0. The van der Waals surface area contributed by atoms with E-state index in [1.807, 2.05) is 23.1 Å². The molecule has 80 valence electrons. The zero-order chi connectivity index (χ0) is 10.4. The molecule has 0 fully saturated rings. The molecule has 0 amide bonds. The van der Waals surface area contributed by atoms with E-state index >= 15 is 0 Å². The smallest absolute Gasteiger partial charge is 0.0438 e. The fourth-order valence-electron chi connectivity index (χ4n) is 1.45. The molecule has 0 aliphatic rings. The van der Waals surface area contributed by atoms with Crippen LogP contribution in [0.4, 0.5) is 0 Å². The van der Waals surface area contributed by atoms with E-state index in [-0.39, 0.29) is 0 Å². The summed E-state index contributed by atoms with van der Waals surface area (Å²) in [6.07, 6.45) is 2.15. The second-order valence-corrected chi connectivity index (χ2v) is 5.65. The Labute approximate surface area is 95.3 Å². The molecule has 1 heterocycles. The first-order chi connectivity index (χ1) is 6.75. The molecular formula is C11H19NS2. The van der Waals surface area contributed by atoms with Crippen molar-refractivity contribution in [3.63, 3.8) is 0 Å². The lowest BCUT2D eigenvalue weighted by atomic mass is 10.0. The summed E-state index contributed by atoms with van der Waals surface area (Å²) in [5.74, 6) is 1.85. The third-order valence-corrected chi connectivity index (χ3v) is 3.75. The highest BCUT2D eigenvalue weighted by molar-refractivity contribution is 7.98. The molecule has 0 saturated carbocycles. The van der Waals surface area contributed by atoms with Crippen LogP contribution in [0, 0.1) is 5.92 Å². The van der Waals surface area contributed by atoms with Gasteiger partial charge in [0, 0.05) is 23.2 Å². The van der Waals surface area contributed by atoms with Gasteiger partial charge >= 0.3 is 0 Å². The van der Waals surface area contributed by atoms with Crippen LogP contribution in [-0.4, -0.2) is 18.6 Å². The van der Waals surface area contributed by atoms with Gasteiger partial charge in [-0.05, 0) is 23.6 Å². The van der Waals surface area contributed by atoms with Crippen molar-refractivity contribution in [2.45, 2.75) is 19.9 Å². The number of nitrogens with one attached hydrogen (secondary N) is 1. The third-order valence-electron chi connectivity index (χ3n) is 2.19. The first-order valence-electron chi connectivity index (χ1n) is 5.01. The van der Waals surface area contributed by atoms with E-state index in [2.05, 4.69) is 42.9 Å². The van der Waals surface area contributed by atoms with Gasteiger partial charge in [0.25, 0.3) is 0 Å². The molecule has 1 rings (SSSR count). The van der Waals surface area contributed by atoms with Crippen molar-refractivity contribution in [1.29, 1.82) is 0 Å². The van der Waals surface area contributed by atoms with Gasteiger partial charge in [-0.25, -0.2) is 0 Å². The van der Waals surface area contributed by atoms with Gasteiger partial charge in [0.05, 0.1) is 0 Å². The fraction of sp³-hybridized carbons (Fsp3) is 0.636. The SMILES string of the molecule is CSCCNC(c1cccs1)C(C)C. The zero-order valence-electron chi connectivity index (χ0n) is 9.12. The van der Waals surface area contributed by atoms with Gasteiger partial charge in [-0.3, -0.25) is 0 Å². The average Bonchev–Trinajstić information content (AvgIpc) is 2.64. The van der Waals surface area contributed by atoms with Crippen LogP contribution in [0.2, 0.25) is 0 Å². The summed E-state index contributed by atoms with van der Waals surface area (Å²) in [5.41, 5.74) is 0. The van der Waals surface area contributed by atoms with Crippen LogP contribution in [0.1, 0.15) is 24.8 Å². The van der Waals surface area contributed by atoms with Crippen molar-refractivity contribution in [2.75, 3.05) is 18.6 Å². The van der Waals surface area contributed by atoms with Crippen LogP contribution in [0.15, 0.2) is 17.5 Å². The van der Waals surface area contributed by atoms with Crippen LogP contribution < -0.4 is 5.32 Å². The Hall–Kier alpha value is 0.01000. The average molecular weight is 229 g/mol. The van der Waals surface area contributed by atoms with Crippen molar-refractivity contribution in [3.05, 3.63) is 22.4 Å². The molecule has 1 nitrogen and oxygen atoms in total. The lowest BCUT2D eigenvalue weighted by Gasteiger charge is -2.21. The van der Waals surface area contributed by atoms with E-state index in [0.717, 1.165) is 6.54 Å². The van der Waals surface area contributed by atoms with E-state index in [4.69, 9.17) is 0 Å². The molecule has 0 aromatic carbocycles. The molecule has 0 radical (unpaired) electrons. The maximum atomic E-state index is 3.61. The van der Waals surface area contributed by atoms with Crippen LogP contribution in [-0.2, 0) is 0 Å². The monoisotopic (exact) mass is 229 g/mol. The molecule has 1 atom stereocenters. The van der Waals surface area contributed by atoms with E-state index in [9.17, 15) is 0 Å². The number of hydrogen-bond donors (Lipinski definition) is 1. The Morgan fingerprint density at radius 1 is 1.50 bits per heavy atom. The minimum absolute atomic E-state index is 0.530. The van der Waals surface area contributed by atoms with Crippen LogP contribution in [0.25, 0.3) is 0 Å². The minimum atomic E-state index is 0.530. The standard InChI is InChI=1S/C11H19NS2/c1-9(2)11(12-6-8-13-3)10-5-4-7-14-10/h4-5,7,9,11-12H,6,8H2,1-3H3. The largest absolute Gasteiger partial charge is 0.308 e. The molecule has 0 saturated heterocycles. The Morgan fingerprint density at radius 2 is 2.29 bits per heavy atom. The molecule has 1 aromatic heterocycles. The lowest BCUT2D eigenvalue weighted by molar-refractivity contribution is 0.429. The van der Waals surface area contributed by atoms with E-state index < -0.39 is 0 Å². The maximum absolute atomic E-state index is 3.61. The number of rotatable bonds is 6. The topological polar surface area (TPSA) is 12.0 Å². The van der Waals surface area contributed by atoms with Gasteiger partial charge in [-0.1, -0.05) is 19.9 Å². The summed E-state index contributed by atoms with van der Waals surface area (Å²) in [5, 5.41) is 5.77. The summed E-state index contributed by atoms with van der Waals surface area (Å²) in [4.78, 5) is 1.46. The highest BCUT2D eigenvalue weighted by Gasteiger charge is 2.15. The lowest BCUT2D eigenvalue weighted by Crippen LogP contribution is -2.26. The molecule has 3 heteroatoms. The molecular weight excluding hydrogens is 210 g/mol. The second-order valence-electron chi connectivity index (χ2n) is 3.68. The van der Waals surface area contributed by atoms with E-state index in [0.29, 0.717) is 12.0 Å². The molecule has 1 N–H and O–H groups in total. The predicted octanol–water partition coefficient (Wildman–Crippen LogP) is 3.40. The number of thioether (sulfide) groups is 1. The molecule has 0 aliphatic carbocycles. The summed E-state index contributed by atoms with van der Waals surface area (Å²) in [6, 6.07) is 4.88. The summed E-state index contributed by atoms with van der Waals surface area (Å²) in [7, 11) is 0.